The van der Waals surface area contributed by atoms with Crippen LogP contribution in [-0.4, -0.2) is 66.0 Å². The standard InChI is InChI=1S/C25H31ClN4O2S/c1-4-12-27-24(31)16-28-25(32)17-30(33-3)21-10-13-29(14-11-21)18(2)22-7-5-6-19-8-9-20(26)15-23(19)22/h1,5-9,15,18,21H,10-14,16-17H2,2-3H3,(H,27,31)(H,28,32). The number of hydrogen-bond acceptors (Lipinski definition) is 5. The fourth-order valence-corrected chi connectivity index (χ4v) is 5.25. The van der Waals surface area contributed by atoms with Gasteiger partial charge in [-0.25, -0.2) is 4.31 Å². The molecule has 0 radical (unpaired) electrons. The molecule has 1 unspecified atom stereocenters. The molecule has 6 nitrogen and oxygen atoms in total. The lowest BCUT2D eigenvalue weighted by atomic mass is 9.96. The van der Waals surface area contributed by atoms with Gasteiger partial charge in [0, 0.05) is 30.2 Å². The van der Waals surface area contributed by atoms with E-state index in [0.29, 0.717) is 6.04 Å². The zero-order chi connectivity index (χ0) is 23.8. The molecule has 1 aliphatic rings. The normalized spacial score (nSPS) is 15.8. The monoisotopic (exact) mass is 486 g/mol. The fourth-order valence-electron chi connectivity index (χ4n) is 4.32. The third-order valence-electron chi connectivity index (χ3n) is 6.15. The Morgan fingerprint density at radius 2 is 2.00 bits per heavy atom. The van der Waals surface area contributed by atoms with Gasteiger partial charge in [0.05, 0.1) is 19.6 Å². The van der Waals surface area contributed by atoms with Gasteiger partial charge in [-0.15, -0.1) is 6.42 Å². The number of benzene rings is 2. The zero-order valence-corrected chi connectivity index (χ0v) is 20.7. The molecule has 1 atom stereocenters. The van der Waals surface area contributed by atoms with Crippen molar-refractivity contribution in [3.05, 3.63) is 47.0 Å². The van der Waals surface area contributed by atoms with E-state index in [1.54, 1.807) is 11.9 Å². The number of rotatable bonds is 9. The molecule has 1 aliphatic heterocycles. The van der Waals surface area contributed by atoms with Crippen molar-refractivity contribution in [1.82, 2.24) is 19.8 Å². The first-order chi connectivity index (χ1) is 15.9. The summed E-state index contributed by atoms with van der Waals surface area (Å²) in [5.74, 6) is 1.89. The molecule has 3 rings (SSSR count). The van der Waals surface area contributed by atoms with Gasteiger partial charge >= 0.3 is 0 Å². The van der Waals surface area contributed by atoms with Crippen molar-refractivity contribution in [3.8, 4) is 12.3 Å². The van der Waals surface area contributed by atoms with Crippen molar-refractivity contribution in [2.45, 2.75) is 31.8 Å². The van der Waals surface area contributed by atoms with Crippen molar-refractivity contribution >= 4 is 46.1 Å². The highest BCUT2D eigenvalue weighted by molar-refractivity contribution is 7.96. The molecule has 0 saturated carbocycles. The van der Waals surface area contributed by atoms with E-state index < -0.39 is 0 Å². The van der Waals surface area contributed by atoms with Crippen LogP contribution in [0.4, 0.5) is 0 Å². The summed E-state index contributed by atoms with van der Waals surface area (Å²) in [6.07, 6.45) is 9.07. The van der Waals surface area contributed by atoms with E-state index in [1.165, 1.54) is 16.3 Å². The Bertz CT molecular complexity index is 1020. The van der Waals surface area contributed by atoms with Crippen molar-refractivity contribution < 1.29 is 9.59 Å². The smallest absolute Gasteiger partial charge is 0.240 e. The largest absolute Gasteiger partial charge is 0.346 e. The topological polar surface area (TPSA) is 64.7 Å². The molecule has 2 aromatic rings. The van der Waals surface area contributed by atoms with Gasteiger partial charge in [-0.1, -0.05) is 53.7 Å². The van der Waals surface area contributed by atoms with Crippen molar-refractivity contribution in [2.24, 2.45) is 0 Å². The summed E-state index contributed by atoms with van der Waals surface area (Å²) in [6, 6.07) is 13.1. The number of carbonyl (C=O) groups is 2. The fraction of sp³-hybridized carbons (Fsp3) is 0.440. The second-order valence-electron chi connectivity index (χ2n) is 8.17. The average Bonchev–Trinajstić information content (AvgIpc) is 2.84. The molecule has 1 heterocycles. The molecular formula is C25H31ClN4O2S. The molecule has 33 heavy (non-hydrogen) atoms. The number of nitrogens with one attached hydrogen (secondary N) is 2. The molecule has 0 aromatic heterocycles. The first-order valence-electron chi connectivity index (χ1n) is 11.1. The van der Waals surface area contributed by atoms with Gasteiger partial charge in [0.15, 0.2) is 0 Å². The average molecular weight is 487 g/mol. The van der Waals surface area contributed by atoms with Crippen LogP contribution in [-0.2, 0) is 9.59 Å². The maximum atomic E-state index is 12.3. The van der Waals surface area contributed by atoms with Gasteiger partial charge in [0.25, 0.3) is 0 Å². The van der Waals surface area contributed by atoms with E-state index in [2.05, 4.69) is 63.0 Å². The Balaban J connectivity index is 1.54. The number of hydrogen-bond donors (Lipinski definition) is 2. The van der Waals surface area contributed by atoms with E-state index >= 15 is 0 Å². The summed E-state index contributed by atoms with van der Waals surface area (Å²) in [4.78, 5) is 26.5. The minimum absolute atomic E-state index is 0.0618. The van der Waals surface area contributed by atoms with Gasteiger partial charge in [0.1, 0.15) is 0 Å². The Hall–Kier alpha value is -2.24. The van der Waals surface area contributed by atoms with Gasteiger partial charge in [-0.3, -0.25) is 14.5 Å². The first-order valence-corrected chi connectivity index (χ1v) is 12.7. The van der Waals surface area contributed by atoms with E-state index in [4.69, 9.17) is 18.0 Å². The minimum atomic E-state index is -0.283. The minimum Gasteiger partial charge on any atom is -0.346 e. The summed E-state index contributed by atoms with van der Waals surface area (Å²) in [5, 5.41) is 8.36. The highest BCUT2D eigenvalue weighted by atomic mass is 35.5. The third-order valence-corrected chi connectivity index (χ3v) is 7.28. The predicted octanol–water partition coefficient (Wildman–Crippen LogP) is 3.46. The van der Waals surface area contributed by atoms with Crippen molar-refractivity contribution in [1.29, 1.82) is 0 Å². The van der Waals surface area contributed by atoms with Crippen LogP contribution in [0.5, 0.6) is 0 Å². The lowest BCUT2D eigenvalue weighted by molar-refractivity contribution is -0.126. The number of piperidine rings is 1. The van der Waals surface area contributed by atoms with Gasteiger partial charge in [-0.05, 0) is 54.5 Å². The summed E-state index contributed by atoms with van der Waals surface area (Å²) in [6.45, 7) is 4.51. The van der Waals surface area contributed by atoms with E-state index in [-0.39, 0.29) is 37.5 Å². The molecule has 2 amide bonds. The van der Waals surface area contributed by atoms with Gasteiger partial charge in [0.2, 0.25) is 11.8 Å². The Morgan fingerprint density at radius 1 is 1.24 bits per heavy atom. The second kappa shape index (κ2) is 12.3. The summed E-state index contributed by atoms with van der Waals surface area (Å²) < 4.78 is 2.12. The molecule has 1 fully saturated rings. The van der Waals surface area contributed by atoms with Crippen LogP contribution >= 0.6 is 23.5 Å². The molecule has 1 saturated heterocycles. The lowest BCUT2D eigenvalue weighted by Crippen LogP contribution is -2.47. The van der Waals surface area contributed by atoms with Gasteiger partial charge < -0.3 is 10.6 Å². The van der Waals surface area contributed by atoms with Crippen LogP contribution in [0.2, 0.25) is 5.02 Å². The maximum Gasteiger partial charge on any atom is 0.240 e. The molecular weight excluding hydrogens is 456 g/mol. The number of terminal acetylenes is 1. The number of fused-ring (bicyclic) bond motifs is 1. The van der Waals surface area contributed by atoms with E-state index in [1.807, 2.05) is 12.3 Å². The number of amides is 2. The van der Waals surface area contributed by atoms with Gasteiger partial charge in [-0.2, -0.15) is 0 Å². The first kappa shape index (κ1) is 25.4. The van der Waals surface area contributed by atoms with E-state index in [9.17, 15) is 9.59 Å². The molecule has 0 bridgehead atoms. The SMILES string of the molecule is C#CCNC(=O)CNC(=O)CN(SC)C1CCN(C(C)c2cccc3ccc(Cl)cc23)CC1. The van der Waals surface area contributed by atoms with E-state index in [0.717, 1.165) is 31.0 Å². The second-order valence-corrected chi connectivity index (χ2v) is 9.44. The number of carbonyl (C=O) groups excluding carboxylic acids is 2. The lowest BCUT2D eigenvalue weighted by Gasteiger charge is -2.40. The molecule has 176 valence electrons. The predicted molar refractivity (Wildman–Crippen MR) is 137 cm³/mol. The number of nitrogens with zero attached hydrogens (tertiary/aromatic N) is 2. The third kappa shape index (κ3) is 6.87. The Kier molecular flexibility index (Phi) is 9.45. The quantitative estimate of drug-likeness (QED) is 0.420. The molecule has 2 aromatic carbocycles. The van der Waals surface area contributed by atoms with Crippen LogP contribution in [0, 0.1) is 12.3 Å². The molecule has 8 heteroatoms. The highest BCUT2D eigenvalue weighted by Crippen LogP contribution is 2.32. The number of likely N-dealkylation sites (tertiary alicyclic amines) is 1. The highest BCUT2D eigenvalue weighted by Gasteiger charge is 2.28. The number of halogens is 1. The Morgan fingerprint density at radius 3 is 2.70 bits per heavy atom. The summed E-state index contributed by atoms with van der Waals surface area (Å²) >= 11 is 7.85. The maximum absolute atomic E-state index is 12.3. The van der Waals surface area contributed by atoms with Crippen molar-refractivity contribution in [2.75, 3.05) is 39.0 Å². The molecule has 2 N–H and O–H groups in total. The summed E-state index contributed by atoms with van der Waals surface area (Å²) in [5.41, 5.74) is 1.29. The van der Waals surface area contributed by atoms with Crippen LogP contribution in [0.25, 0.3) is 10.8 Å². The van der Waals surface area contributed by atoms with Crippen LogP contribution in [0.1, 0.15) is 31.4 Å². The van der Waals surface area contributed by atoms with Crippen LogP contribution in [0.3, 0.4) is 0 Å². The van der Waals surface area contributed by atoms with Crippen LogP contribution in [0.15, 0.2) is 36.4 Å². The van der Waals surface area contributed by atoms with Crippen LogP contribution < -0.4 is 10.6 Å². The molecule has 0 spiro atoms. The van der Waals surface area contributed by atoms with Crippen molar-refractivity contribution in [3.63, 3.8) is 0 Å². The Labute approximate surface area is 205 Å². The zero-order valence-electron chi connectivity index (χ0n) is 19.1. The summed E-state index contributed by atoms with van der Waals surface area (Å²) in [7, 11) is 0. The molecule has 0 aliphatic carbocycles.